The summed E-state index contributed by atoms with van der Waals surface area (Å²) in [6.45, 7) is 4.57. The Kier molecular flexibility index (Phi) is 6.21. The van der Waals surface area contributed by atoms with Gasteiger partial charge in [0.1, 0.15) is 5.75 Å². The molecule has 4 nitrogen and oxygen atoms in total. The van der Waals surface area contributed by atoms with Crippen LogP contribution in [-0.4, -0.2) is 15.0 Å². The summed E-state index contributed by atoms with van der Waals surface area (Å²) >= 11 is 3.37. The highest BCUT2D eigenvalue weighted by Gasteiger charge is 2.18. The number of ether oxygens (including phenoxy) is 1. The van der Waals surface area contributed by atoms with E-state index in [0.717, 1.165) is 15.6 Å². The van der Waals surface area contributed by atoms with E-state index in [-0.39, 0.29) is 6.54 Å². The van der Waals surface area contributed by atoms with Crippen molar-refractivity contribution in [3.8, 4) is 5.75 Å². The summed E-state index contributed by atoms with van der Waals surface area (Å²) in [5.41, 5.74) is 1.60. The van der Waals surface area contributed by atoms with Gasteiger partial charge < -0.3 is 4.74 Å². The second kappa shape index (κ2) is 7.95. The maximum Gasteiger partial charge on any atom is 0.241 e. The van der Waals surface area contributed by atoms with E-state index < -0.39 is 10.0 Å². The van der Waals surface area contributed by atoms with Crippen molar-refractivity contribution in [3.63, 3.8) is 0 Å². The molecule has 0 aliphatic rings. The zero-order chi connectivity index (χ0) is 16.9. The molecule has 0 heterocycles. The summed E-state index contributed by atoms with van der Waals surface area (Å²) in [5.74, 6) is 0.698. The molecule has 0 saturated carbocycles. The summed E-state index contributed by atoms with van der Waals surface area (Å²) in [6.07, 6.45) is 0.644. The lowest BCUT2D eigenvalue weighted by Crippen LogP contribution is -2.24. The molecule has 2 aromatic rings. The minimum absolute atomic E-state index is 0.192. The molecule has 0 radical (unpaired) electrons. The van der Waals surface area contributed by atoms with Crippen LogP contribution in [0, 0.1) is 0 Å². The number of nitrogens with one attached hydrogen (secondary N) is 1. The molecule has 0 aliphatic heterocycles. The molecular weight excluding hydrogens is 378 g/mol. The fraction of sp³-hybridized carbons (Fsp3) is 0.294. The van der Waals surface area contributed by atoms with Crippen molar-refractivity contribution in [1.82, 2.24) is 4.72 Å². The number of aryl methyl sites for hydroxylation is 1. The Bertz CT molecular complexity index is 775. The van der Waals surface area contributed by atoms with Crippen molar-refractivity contribution in [2.45, 2.75) is 31.7 Å². The Hall–Kier alpha value is -1.37. The molecule has 0 spiro atoms. The van der Waals surface area contributed by atoms with E-state index in [1.807, 2.05) is 44.2 Å². The quantitative estimate of drug-likeness (QED) is 0.770. The minimum Gasteiger partial charge on any atom is -0.494 e. The zero-order valence-electron chi connectivity index (χ0n) is 13.2. The molecule has 6 heteroatoms. The predicted octanol–water partition coefficient (Wildman–Crippen LogP) is 3.89. The Morgan fingerprint density at radius 2 is 1.83 bits per heavy atom. The van der Waals surface area contributed by atoms with E-state index >= 15 is 0 Å². The first-order valence-electron chi connectivity index (χ1n) is 7.46. The van der Waals surface area contributed by atoms with Crippen molar-refractivity contribution in [2.24, 2.45) is 0 Å². The van der Waals surface area contributed by atoms with Gasteiger partial charge in [0.25, 0.3) is 0 Å². The maximum absolute atomic E-state index is 12.6. The lowest BCUT2D eigenvalue weighted by molar-refractivity contribution is 0.336. The maximum atomic E-state index is 12.6. The number of hydrogen-bond acceptors (Lipinski definition) is 3. The third-order valence-corrected chi connectivity index (χ3v) is 5.41. The van der Waals surface area contributed by atoms with Gasteiger partial charge in [0, 0.05) is 16.6 Å². The molecule has 0 bridgehead atoms. The van der Waals surface area contributed by atoms with Crippen LogP contribution in [0.4, 0.5) is 0 Å². The zero-order valence-corrected chi connectivity index (χ0v) is 15.6. The highest BCUT2D eigenvalue weighted by molar-refractivity contribution is 9.10. The molecule has 0 unspecified atom stereocenters. The van der Waals surface area contributed by atoms with Crippen LogP contribution in [0.3, 0.4) is 0 Å². The fourth-order valence-electron chi connectivity index (χ4n) is 2.28. The van der Waals surface area contributed by atoms with Crippen LogP contribution in [0.5, 0.6) is 5.75 Å². The third kappa shape index (κ3) is 4.56. The molecule has 0 fully saturated rings. The number of para-hydroxylation sites is 1. The Morgan fingerprint density at radius 1 is 1.09 bits per heavy atom. The molecule has 0 amide bonds. The van der Waals surface area contributed by atoms with Crippen molar-refractivity contribution in [2.75, 3.05) is 6.61 Å². The molecule has 1 N–H and O–H groups in total. The van der Waals surface area contributed by atoms with Gasteiger partial charge in [-0.05, 0) is 43.2 Å². The van der Waals surface area contributed by atoms with Gasteiger partial charge in [-0.25, -0.2) is 13.1 Å². The largest absolute Gasteiger partial charge is 0.494 e. The molecule has 2 rings (SSSR count). The number of halogens is 1. The van der Waals surface area contributed by atoms with Crippen LogP contribution < -0.4 is 9.46 Å². The molecular formula is C17H20BrNO3S. The van der Waals surface area contributed by atoms with Crippen LogP contribution in [0.1, 0.15) is 25.0 Å². The minimum atomic E-state index is -3.58. The average Bonchev–Trinajstić information content (AvgIpc) is 2.54. The fourth-order valence-corrected chi connectivity index (χ4v) is 3.99. The second-order valence-corrected chi connectivity index (χ2v) is 7.62. The molecule has 0 saturated heterocycles. The van der Waals surface area contributed by atoms with E-state index in [1.54, 1.807) is 12.1 Å². The van der Waals surface area contributed by atoms with E-state index in [9.17, 15) is 8.42 Å². The predicted molar refractivity (Wildman–Crippen MR) is 95.2 cm³/mol. The summed E-state index contributed by atoms with van der Waals surface area (Å²) in [6, 6.07) is 12.6. The van der Waals surface area contributed by atoms with Gasteiger partial charge in [0.15, 0.2) is 0 Å². The van der Waals surface area contributed by atoms with Crippen LogP contribution in [-0.2, 0) is 23.0 Å². The average molecular weight is 398 g/mol. The molecule has 23 heavy (non-hydrogen) atoms. The first kappa shape index (κ1) is 18.0. The Balaban J connectivity index is 2.23. The van der Waals surface area contributed by atoms with Gasteiger partial charge in [-0.3, -0.25) is 0 Å². The van der Waals surface area contributed by atoms with Crippen LogP contribution in [0.15, 0.2) is 51.8 Å². The van der Waals surface area contributed by atoms with Crippen LogP contribution in [0.25, 0.3) is 0 Å². The monoisotopic (exact) mass is 397 g/mol. The smallest absolute Gasteiger partial charge is 0.241 e. The second-order valence-electron chi connectivity index (χ2n) is 4.97. The van der Waals surface area contributed by atoms with Gasteiger partial charge >= 0.3 is 0 Å². The number of sulfonamides is 1. The Labute approximate surface area is 146 Å². The van der Waals surface area contributed by atoms with E-state index in [0.29, 0.717) is 23.7 Å². The lowest BCUT2D eigenvalue weighted by atomic mass is 10.2. The first-order chi connectivity index (χ1) is 11.0. The van der Waals surface area contributed by atoms with Crippen LogP contribution in [0.2, 0.25) is 0 Å². The molecule has 2 aromatic carbocycles. The standard InChI is InChI=1S/C17H20BrNO3S/c1-3-13-11-15(18)9-10-17(13)23(20,21)19-12-14-7-5-6-8-16(14)22-4-2/h5-11,19H,3-4,12H2,1-2H3. The van der Waals surface area contributed by atoms with Crippen molar-refractivity contribution >= 4 is 26.0 Å². The Morgan fingerprint density at radius 3 is 2.52 bits per heavy atom. The number of benzene rings is 2. The topological polar surface area (TPSA) is 55.4 Å². The molecule has 0 atom stereocenters. The van der Waals surface area contributed by atoms with Gasteiger partial charge in [0.2, 0.25) is 10.0 Å². The van der Waals surface area contributed by atoms with Gasteiger partial charge in [-0.15, -0.1) is 0 Å². The summed E-state index contributed by atoms with van der Waals surface area (Å²) in [7, 11) is -3.58. The summed E-state index contributed by atoms with van der Waals surface area (Å²) in [4.78, 5) is 0.317. The number of rotatable bonds is 7. The lowest BCUT2D eigenvalue weighted by Gasteiger charge is -2.13. The normalized spacial score (nSPS) is 11.4. The van der Waals surface area contributed by atoms with Gasteiger partial charge in [-0.2, -0.15) is 0 Å². The van der Waals surface area contributed by atoms with E-state index in [2.05, 4.69) is 20.7 Å². The number of hydrogen-bond donors (Lipinski definition) is 1. The molecule has 0 aliphatic carbocycles. The van der Waals surface area contributed by atoms with Crippen molar-refractivity contribution < 1.29 is 13.2 Å². The highest BCUT2D eigenvalue weighted by atomic mass is 79.9. The highest BCUT2D eigenvalue weighted by Crippen LogP contribution is 2.23. The van der Waals surface area contributed by atoms with E-state index in [1.165, 1.54) is 0 Å². The molecule has 0 aromatic heterocycles. The molecule has 124 valence electrons. The van der Waals surface area contributed by atoms with Crippen molar-refractivity contribution in [3.05, 3.63) is 58.1 Å². The third-order valence-electron chi connectivity index (χ3n) is 3.42. The van der Waals surface area contributed by atoms with Gasteiger partial charge in [0.05, 0.1) is 11.5 Å². The SMILES string of the molecule is CCOc1ccccc1CNS(=O)(=O)c1ccc(Br)cc1CC. The van der Waals surface area contributed by atoms with Gasteiger partial charge in [-0.1, -0.05) is 41.1 Å². The summed E-state index contributed by atoms with van der Waals surface area (Å²) in [5, 5.41) is 0. The van der Waals surface area contributed by atoms with Crippen LogP contribution >= 0.6 is 15.9 Å². The first-order valence-corrected chi connectivity index (χ1v) is 9.74. The van der Waals surface area contributed by atoms with Crippen molar-refractivity contribution in [1.29, 1.82) is 0 Å². The van der Waals surface area contributed by atoms with E-state index in [4.69, 9.17) is 4.74 Å². The summed E-state index contributed by atoms with van der Waals surface area (Å²) < 4.78 is 34.3.